The minimum absolute atomic E-state index is 0.0428. The number of urea groups is 1. The van der Waals surface area contributed by atoms with E-state index in [4.69, 9.17) is 0 Å². The second-order valence-corrected chi connectivity index (χ2v) is 6.04. The van der Waals surface area contributed by atoms with E-state index in [-0.39, 0.29) is 11.7 Å². The van der Waals surface area contributed by atoms with E-state index in [1.165, 1.54) is 31.4 Å². The van der Waals surface area contributed by atoms with E-state index in [2.05, 4.69) is 5.32 Å². The van der Waals surface area contributed by atoms with Crippen molar-refractivity contribution in [2.75, 3.05) is 18.4 Å². The molecule has 6 nitrogen and oxygen atoms in total. The molecule has 0 aromatic heterocycles. The molecule has 1 saturated heterocycles. The van der Waals surface area contributed by atoms with Gasteiger partial charge in [0.15, 0.2) is 0 Å². The third-order valence-corrected chi connectivity index (χ3v) is 4.68. The molecule has 1 saturated carbocycles. The number of rotatable bonds is 2. The number of carbonyl (C=O) groups excluding carboxylic acids is 1. The minimum Gasteiger partial charge on any atom is -0.324 e. The van der Waals surface area contributed by atoms with Crippen LogP contribution in [0.4, 0.5) is 16.2 Å². The van der Waals surface area contributed by atoms with Crippen molar-refractivity contribution in [1.82, 2.24) is 4.90 Å². The van der Waals surface area contributed by atoms with Crippen LogP contribution in [0.1, 0.15) is 24.8 Å². The SMILES string of the molecule is Cc1cc([N+](=O)[O-])ccc1NC(=O)N1C[C@@H]2CCC[C@H]2C1. The van der Waals surface area contributed by atoms with Crippen molar-refractivity contribution >= 4 is 17.4 Å². The summed E-state index contributed by atoms with van der Waals surface area (Å²) in [4.78, 5) is 24.5. The van der Waals surface area contributed by atoms with Gasteiger partial charge in [0.25, 0.3) is 5.69 Å². The van der Waals surface area contributed by atoms with Crippen molar-refractivity contribution < 1.29 is 9.72 Å². The van der Waals surface area contributed by atoms with Gasteiger partial charge in [-0.15, -0.1) is 0 Å². The largest absolute Gasteiger partial charge is 0.324 e. The van der Waals surface area contributed by atoms with Crippen molar-refractivity contribution in [3.05, 3.63) is 33.9 Å². The third-order valence-electron chi connectivity index (χ3n) is 4.68. The molecule has 1 aliphatic carbocycles. The summed E-state index contributed by atoms with van der Waals surface area (Å²) >= 11 is 0. The monoisotopic (exact) mass is 289 g/mol. The van der Waals surface area contributed by atoms with E-state index in [1.54, 1.807) is 13.0 Å². The second-order valence-electron chi connectivity index (χ2n) is 6.04. The Morgan fingerprint density at radius 3 is 2.57 bits per heavy atom. The van der Waals surface area contributed by atoms with Crippen LogP contribution in [0.5, 0.6) is 0 Å². The smallest absolute Gasteiger partial charge is 0.321 e. The number of anilines is 1. The summed E-state index contributed by atoms with van der Waals surface area (Å²) < 4.78 is 0. The average molecular weight is 289 g/mol. The van der Waals surface area contributed by atoms with Gasteiger partial charge in [0, 0.05) is 30.9 Å². The van der Waals surface area contributed by atoms with E-state index in [9.17, 15) is 14.9 Å². The Balaban J connectivity index is 1.66. The number of fused-ring (bicyclic) bond motifs is 1. The first-order chi connectivity index (χ1) is 10.0. The van der Waals surface area contributed by atoms with Gasteiger partial charge in [0.2, 0.25) is 0 Å². The molecule has 0 radical (unpaired) electrons. The number of likely N-dealkylation sites (tertiary alicyclic amines) is 1. The molecular weight excluding hydrogens is 270 g/mol. The Morgan fingerprint density at radius 1 is 1.33 bits per heavy atom. The summed E-state index contributed by atoms with van der Waals surface area (Å²) in [5, 5.41) is 13.6. The summed E-state index contributed by atoms with van der Waals surface area (Å²) in [6.45, 7) is 3.44. The fourth-order valence-electron chi connectivity index (χ4n) is 3.50. The molecule has 0 unspecified atom stereocenters. The molecule has 2 aliphatic rings. The van der Waals surface area contributed by atoms with Gasteiger partial charge >= 0.3 is 6.03 Å². The molecule has 1 aromatic carbocycles. The van der Waals surface area contributed by atoms with Crippen LogP contribution in [0.3, 0.4) is 0 Å². The number of carbonyl (C=O) groups is 1. The fourth-order valence-corrected chi connectivity index (χ4v) is 3.50. The van der Waals surface area contributed by atoms with Crippen LogP contribution in [-0.2, 0) is 0 Å². The zero-order valence-electron chi connectivity index (χ0n) is 12.0. The zero-order chi connectivity index (χ0) is 15.0. The van der Waals surface area contributed by atoms with Crippen molar-refractivity contribution in [2.24, 2.45) is 11.8 Å². The molecule has 1 aliphatic heterocycles. The van der Waals surface area contributed by atoms with Crippen LogP contribution in [0.25, 0.3) is 0 Å². The first-order valence-corrected chi connectivity index (χ1v) is 7.35. The summed E-state index contributed by atoms with van der Waals surface area (Å²) in [5.74, 6) is 1.32. The average Bonchev–Trinajstić information content (AvgIpc) is 3.01. The van der Waals surface area contributed by atoms with Crippen LogP contribution in [0, 0.1) is 28.9 Å². The lowest BCUT2D eigenvalue weighted by atomic mass is 10.0. The Bertz CT molecular complexity index is 576. The van der Waals surface area contributed by atoms with E-state index in [1.807, 2.05) is 4.90 Å². The highest BCUT2D eigenvalue weighted by atomic mass is 16.6. The molecule has 6 heteroatoms. The van der Waals surface area contributed by atoms with E-state index in [0.29, 0.717) is 23.1 Å². The number of aryl methyl sites for hydroxylation is 1. The molecular formula is C15H19N3O3. The van der Waals surface area contributed by atoms with E-state index >= 15 is 0 Å². The summed E-state index contributed by atoms with van der Waals surface area (Å²) in [6.07, 6.45) is 3.74. The number of nitro groups is 1. The highest BCUT2D eigenvalue weighted by Crippen LogP contribution is 2.37. The number of hydrogen-bond donors (Lipinski definition) is 1. The Kier molecular flexibility index (Phi) is 3.53. The van der Waals surface area contributed by atoms with Gasteiger partial charge in [-0.2, -0.15) is 0 Å². The lowest BCUT2D eigenvalue weighted by Gasteiger charge is -2.18. The molecule has 1 heterocycles. The second kappa shape index (κ2) is 5.35. The normalized spacial score (nSPS) is 24.0. The lowest BCUT2D eigenvalue weighted by molar-refractivity contribution is -0.384. The first kappa shape index (κ1) is 13.9. The number of nitrogens with zero attached hydrogens (tertiary/aromatic N) is 2. The van der Waals surface area contributed by atoms with Gasteiger partial charge in [-0.1, -0.05) is 6.42 Å². The number of amides is 2. The lowest BCUT2D eigenvalue weighted by Crippen LogP contribution is -2.33. The van der Waals surface area contributed by atoms with Gasteiger partial charge in [-0.3, -0.25) is 10.1 Å². The van der Waals surface area contributed by atoms with Crippen molar-refractivity contribution in [2.45, 2.75) is 26.2 Å². The maximum atomic E-state index is 12.3. The molecule has 21 heavy (non-hydrogen) atoms. The molecule has 1 N–H and O–H groups in total. The molecule has 2 amide bonds. The number of benzene rings is 1. The predicted molar refractivity (Wildman–Crippen MR) is 79.3 cm³/mol. The third kappa shape index (κ3) is 2.70. The quantitative estimate of drug-likeness (QED) is 0.671. The summed E-state index contributed by atoms with van der Waals surface area (Å²) in [6, 6.07) is 4.40. The summed E-state index contributed by atoms with van der Waals surface area (Å²) in [7, 11) is 0. The zero-order valence-corrected chi connectivity index (χ0v) is 12.0. The Labute approximate surface area is 123 Å². The topological polar surface area (TPSA) is 75.5 Å². The van der Waals surface area contributed by atoms with Crippen molar-refractivity contribution in [3.8, 4) is 0 Å². The van der Waals surface area contributed by atoms with Crippen LogP contribution in [0.2, 0.25) is 0 Å². The molecule has 0 spiro atoms. The van der Waals surface area contributed by atoms with Crippen LogP contribution < -0.4 is 5.32 Å². The van der Waals surface area contributed by atoms with Gasteiger partial charge in [-0.25, -0.2) is 4.79 Å². The Hall–Kier alpha value is -2.11. The number of nitro benzene ring substituents is 1. The van der Waals surface area contributed by atoms with Crippen LogP contribution in [0.15, 0.2) is 18.2 Å². The maximum absolute atomic E-state index is 12.3. The predicted octanol–water partition coefficient (Wildman–Crippen LogP) is 3.17. The minimum atomic E-state index is -0.430. The fraction of sp³-hybridized carbons (Fsp3) is 0.533. The summed E-state index contributed by atoms with van der Waals surface area (Å²) in [5.41, 5.74) is 1.39. The van der Waals surface area contributed by atoms with Crippen molar-refractivity contribution in [3.63, 3.8) is 0 Å². The number of nitrogens with one attached hydrogen (secondary N) is 1. The van der Waals surface area contributed by atoms with E-state index in [0.717, 1.165) is 13.1 Å². The van der Waals surface area contributed by atoms with Crippen molar-refractivity contribution in [1.29, 1.82) is 0 Å². The molecule has 3 rings (SSSR count). The molecule has 1 aromatic rings. The van der Waals surface area contributed by atoms with Gasteiger partial charge in [0.05, 0.1) is 4.92 Å². The number of hydrogen-bond acceptors (Lipinski definition) is 3. The highest BCUT2D eigenvalue weighted by molar-refractivity contribution is 5.90. The van der Waals surface area contributed by atoms with Gasteiger partial charge < -0.3 is 10.2 Å². The van der Waals surface area contributed by atoms with Crippen LogP contribution >= 0.6 is 0 Å². The highest BCUT2D eigenvalue weighted by Gasteiger charge is 2.38. The van der Waals surface area contributed by atoms with Crippen LogP contribution in [-0.4, -0.2) is 28.9 Å². The van der Waals surface area contributed by atoms with Gasteiger partial charge in [0.1, 0.15) is 0 Å². The molecule has 112 valence electrons. The Morgan fingerprint density at radius 2 is 2.00 bits per heavy atom. The molecule has 2 atom stereocenters. The number of non-ortho nitro benzene ring substituents is 1. The maximum Gasteiger partial charge on any atom is 0.321 e. The standard InChI is InChI=1S/C15H19N3O3/c1-10-7-13(18(20)21)5-6-14(10)16-15(19)17-8-11-3-2-4-12(11)9-17/h5-7,11-12H,2-4,8-9H2,1H3,(H,16,19)/t11-,12-/m0/s1. The van der Waals surface area contributed by atoms with Gasteiger partial charge in [-0.05, 0) is 43.2 Å². The van der Waals surface area contributed by atoms with E-state index < -0.39 is 4.92 Å². The molecule has 0 bridgehead atoms. The first-order valence-electron chi connectivity index (χ1n) is 7.35. The molecule has 2 fully saturated rings.